The van der Waals surface area contributed by atoms with Gasteiger partial charge < -0.3 is 5.32 Å². The van der Waals surface area contributed by atoms with Crippen LogP contribution in [-0.4, -0.2) is 36.6 Å². The topological polar surface area (TPSA) is 15.3 Å². The van der Waals surface area contributed by atoms with E-state index in [0.29, 0.717) is 6.04 Å². The van der Waals surface area contributed by atoms with Gasteiger partial charge >= 0.3 is 0 Å². The van der Waals surface area contributed by atoms with Crippen molar-refractivity contribution >= 4 is 0 Å². The second kappa shape index (κ2) is 8.97. The molecule has 1 saturated heterocycles. The lowest BCUT2D eigenvalue weighted by Gasteiger charge is -2.42. The van der Waals surface area contributed by atoms with E-state index in [1.807, 2.05) is 0 Å². The van der Waals surface area contributed by atoms with Crippen LogP contribution in [-0.2, 0) is 0 Å². The second-order valence-corrected chi connectivity index (χ2v) is 7.10. The first kappa shape index (κ1) is 17.0. The molecule has 1 aliphatic rings. The summed E-state index contributed by atoms with van der Waals surface area (Å²) in [7, 11) is 0. The van der Waals surface area contributed by atoms with Crippen molar-refractivity contribution in [3.05, 3.63) is 0 Å². The number of hydrogen-bond acceptors (Lipinski definition) is 2. The Hall–Kier alpha value is -0.0800. The molecule has 0 aromatic rings. The molecule has 0 aliphatic carbocycles. The van der Waals surface area contributed by atoms with Gasteiger partial charge in [0.15, 0.2) is 0 Å². The van der Waals surface area contributed by atoms with Gasteiger partial charge in [0.25, 0.3) is 0 Å². The molecule has 19 heavy (non-hydrogen) atoms. The monoisotopic (exact) mass is 268 g/mol. The molecule has 1 heterocycles. The van der Waals surface area contributed by atoms with Gasteiger partial charge in [-0.05, 0) is 31.2 Å². The first-order valence-corrected chi connectivity index (χ1v) is 8.52. The average Bonchev–Trinajstić information content (AvgIpc) is 2.35. The SMILES string of the molecule is CCCCCCN1CC(C(C)C)NCC1CC(C)C. The third-order valence-electron chi connectivity index (χ3n) is 4.41. The number of rotatable bonds is 8. The van der Waals surface area contributed by atoms with Crippen molar-refractivity contribution in [1.82, 2.24) is 10.2 Å². The molecule has 2 atom stereocenters. The minimum Gasteiger partial charge on any atom is -0.311 e. The van der Waals surface area contributed by atoms with E-state index in [0.717, 1.165) is 17.9 Å². The molecule has 2 heteroatoms. The fourth-order valence-corrected chi connectivity index (χ4v) is 3.12. The van der Waals surface area contributed by atoms with E-state index in [9.17, 15) is 0 Å². The van der Waals surface area contributed by atoms with E-state index >= 15 is 0 Å². The Labute approximate surface area is 121 Å². The molecule has 0 amide bonds. The predicted octanol–water partition coefficient (Wildman–Crippen LogP) is 3.91. The zero-order valence-corrected chi connectivity index (χ0v) is 13.9. The summed E-state index contributed by atoms with van der Waals surface area (Å²) < 4.78 is 0. The van der Waals surface area contributed by atoms with Crippen molar-refractivity contribution in [3.8, 4) is 0 Å². The van der Waals surface area contributed by atoms with Crippen molar-refractivity contribution < 1.29 is 0 Å². The lowest BCUT2D eigenvalue weighted by Crippen LogP contribution is -2.58. The molecule has 1 aliphatic heterocycles. The first-order valence-electron chi connectivity index (χ1n) is 8.52. The highest BCUT2D eigenvalue weighted by molar-refractivity contribution is 4.87. The normalized spacial score (nSPS) is 25.4. The summed E-state index contributed by atoms with van der Waals surface area (Å²) in [5, 5.41) is 3.76. The molecule has 0 aromatic carbocycles. The van der Waals surface area contributed by atoms with Gasteiger partial charge in [-0.3, -0.25) is 4.90 Å². The minimum absolute atomic E-state index is 0.689. The van der Waals surface area contributed by atoms with E-state index in [1.54, 1.807) is 0 Å². The van der Waals surface area contributed by atoms with Crippen LogP contribution < -0.4 is 5.32 Å². The zero-order chi connectivity index (χ0) is 14.3. The minimum atomic E-state index is 0.689. The van der Waals surface area contributed by atoms with Crippen molar-refractivity contribution in [1.29, 1.82) is 0 Å². The highest BCUT2D eigenvalue weighted by atomic mass is 15.2. The summed E-state index contributed by atoms with van der Waals surface area (Å²) in [5.41, 5.74) is 0. The Bertz CT molecular complexity index is 225. The van der Waals surface area contributed by atoms with E-state index < -0.39 is 0 Å². The van der Waals surface area contributed by atoms with E-state index in [4.69, 9.17) is 0 Å². The molecule has 1 N–H and O–H groups in total. The Balaban J connectivity index is 2.45. The van der Waals surface area contributed by atoms with Crippen LogP contribution in [0.25, 0.3) is 0 Å². The highest BCUT2D eigenvalue weighted by Crippen LogP contribution is 2.19. The number of unbranched alkanes of at least 4 members (excludes halogenated alkanes) is 3. The van der Waals surface area contributed by atoms with Gasteiger partial charge in [0.1, 0.15) is 0 Å². The Morgan fingerprint density at radius 1 is 1.11 bits per heavy atom. The summed E-state index contributed by atoms with van der Waals surface area (Å²) in [6.07, 6.45) is 6.86. The molecule has 2 nitrogen and oxygen atoms in total. The Morgan fingerprint density at radius 3 is 2.42 bits per heavy atom. The second-order valence-electron chi connectivity index (χ2n) is 7.10. The third kappa shape index (κ3) is 6.27. The quantitative estimate of drug-likeness (QED) is 0.671. The third-order valence-corrected chi connectivity index (χ3v) is 4.41. The van der Waals surface area contributed by atoms with Crippen LogP contribution in [0.3, 0.4) is 0 Å². The van der Waals surface area contributed by atoms with Crippen molar-refractivity contribution in [2.24, 2.45) is 11.8 Å². The van der Waals surface area contributed by atoms with Crippen molar-refractivity contribution in [2.75, 3.05) is 19.6 Å². The first-order chi connectivity index (χ1) is 9.04. The lowest BCUT2D eigenvalue weighted by atomic mass is 9.94. The van der Waals surface area contributed by atoms with Gasteiger partial charge in [0.05, 0.1) is 0 Å². The van der Waals surface area contributed by atoms with E-state index in [-0.39, 0.29) is 0 Å². The van der Waals surface area contributed by atoms with Gasteiger partial charge in [-0.25, -0.2) is 0 Å². The molecule has 1 rings (SSSR count). The lowest BCUT2D eigenvalue weighted by molar-refractivity contribution is 0.0974. The standard InChI is InChI=1S/C17H36N2/c1-6-7-8-9-10-19-13-17(15(4)5)18-12-16(19)11-14(2)3/h14-18H,6-13H2,1-5H3. The predicted molar refractivity (Wildman–Crippen MR) is 85.6 cm³/mol. The molecular weight excluding hydrogens is 232 g/mol. The molecular formula is C17H36N2. The van der Waals surface area contributed by atoms with Crippen LogP contribution in [0.5, 0.6) is 0 Å². The van der Waals surface area contributed by atoms with Crippen LogP contribution in [0.4, 0.5) is 0 Å². The molecule has 0 spiro atoms. The van der Waals surface area contributed by atoms with Crippen LogP contribution in [0.15, 0.2) is 0 Å². The summed E-state index contributed by atoms with van der Waals surface area (Å²) in [6, 6.07) is 1.45. The number of hydrogen-bond donors (Lipinski definition) is 1. The molecule has 0 saturated carbocycles. The van der Waals surface area contributed by atoms with Gasteiger partial charge in [-0.15, -0.1) is 0 Å². The summed E-state index contributed by atoms with van der Waals surface area (Å²) in [5.74, 6) is 1.55. The molecule has 0 radical (unpaired) electrons. The van der Waals surface area contributed by atoms with Crippen LogP contribution in [0, 0.1) is 11.8 Å². The highest BCUT2D eigenvalue weighted by Gasteiger charge is 2.29. The molecule has 0 bridgehead atoms. The largest absolute Gasteiger partial charge is 0.311 e. The average molecular weight is 268 g/mol. The van der Waals surface area contributed by atoms with Gasteiger partial charge in [0.2, 0.25) is 0 Å². The maximum absolute atomic E-state index is 3.76. The maximum Gasteiger partial charge on any atom is 0.0223 e. The molecule has 2 unspecified atom stereocenters. The van der Waals surface area contributed by atoms with Crippen molar-refractivity contribution in [2.45, 2.75) is 78.8 Å². The van der Waals surface area contributed by atoms with Crippen molar-refractivity contribution in [3.63, 3.8) is 0 Å². The fourth-order valence-electron chi connectivity index (χ4n) is 3.12. The fraction of sp³-hybridized carbons (Fsp3) is 1.00. The van der Waals surface area contributed by atoms with E-state index in [1.165, 1.54) is 51.7 Å². The van der Waals surface area contributed by atoms with Gasteiger partial charge in [-0.1, -0.05) is 53.9 Å². The number of nitrogens with one attached hydrogen (secondary N) is 1. The Kier molecular flexibility index (Phi) is 8.01. The summed E-state index contributed by atoms with van der Waals surface area (Å²) in [6.45, 7) is 15.4. The Morgan fingerprint density at radius 2 is 1.84 bits per heavy atom. The van der Waals surface area contributed by atoms with Gasteiger partial charge in [0, 0.05) is 25.2 Å². The van der Waals surface area contributed by atoms with E-state index in [2.05, 4.69) is 44.8 Å². The molecule has 1 fully saturated rings. The van der Waals surface area contributed by atoms with Crippen LogP contribution >= 0.6 is 0 Å². The summed E-state index contributed by atoms with van der Waals surface area (Å²) in [4.78, 5) is 2.77. The van der Waals surface area contributed by atoms with Gasteiger partial charge in [-0.2, -0.15) is 0 Å². The molecule has 0 aromatic heterocycles. The van der Waals surface area contributed by atoms with Crippen LogP contribution in [0.2, 0.25) is 0 Å². The maximum atomic E-state index is 3.76. The zero-order valence-electron chi connectivity index (χ0n) is 13.9. The summed E-state index contributed by atoms with van der Waals surface area (Å²) >= 11 is 0. The smallest absolute Gasteiger partial charge is 0.0223 e. The van der Waals surface area contributed by atoms with Crippen LogP contribution in [0.1, 0.15) is 66.7 Å². The number of nitrogens with zero attached hydrogens (tertiary/aromatic N) is 1. The molecule has 114 valence electrons. The number of piperazine rings is 1.